The highest BCUT2D eigenvalue weighted by Gasteiger charge is 2.30. The number of benzene rings is 3. The molecule has 1 aliphatic rings. The number of sulfonamides is 1. The number of nitrogens with zero attached hydrogens (tertiary/aromatic N) is 3. The average molecular weight is 539 g/mol. The minimum atomic E-state index is -4.02. The lowest BCUT2D eigenvalue weighted by atomic mass is 10.2. The van der Waals surface area contributed by atoms with Gasteiger partial charge in [-0.05, 0) is 48.5 Å². The first-order valence-corrected chi connectivity index (χ1v) is 13.1. The summed E-state index contributed by atoms with van der Waals surface area (Å²) in [6, 6.07) is 20.1. The summed E-state index contributed by atoms with van der Waals surface area (Å²) in [6.07, 6.45) is 0. The topological polar surface area (TPSA) is 60.9 Å². The number of hydrogen-bond donors (Lipinski definition) is 0. The Balaban J connectivity index is 1.54. The summed E-state index contributed by atoms with van der Waals surface area (Å²) in [5.74, 6) is -0.295. The molecule has 1 saturated heterocycles. The van der Waals surface area contributed by atoms with Gasteiger partial charge < -0.3 is 9.80 Å². The molecule has 3 aromatic carbocycles. The van der Waals surface area contributed by atoms with Crippen LogP contribution in [0.2, 0.25) is 15.1 Å². The molecular formula is C24H22Cl3N3O3S. The molecule has 0 N–H and O–H groups in total. The molecule has 1 aliphatic heterocycles. The largest absolute Gasteiger partial charge is 0.368 e. The fraction of sp³-hybridized carbons (Fsp3) is 0.208. The molecule has 1 amide bonds. The van der Waals surface area contributed by atoms with E-state index in [9.17, 15) is 13.2 Å². The molecule has 178 valence electrons. The number of piperazine rings is 1. The van der Waals surface area contributed by atoms with Gasteiger partial charge in [0.25, 0.3) is 10.0 Å². The average Bonchev–Trinajstić information content (AvgIpc) is 2.85. The fourth-order valence-corrected chi connectivity index (χ4v) is 5.69. The molecule has 0 spiro atoms. The van der Waals surface area contributed by atoms with Gasteiger partial charge in [-0.2, -0.15) is 0 Å². The lowest BCUT2D eigenvalue weighted by Crippen LogP contribution is -2.52. The van der Waals surface area contributed by atoms with Gasteiger partial charge in [-0.1, -0.05) is 59.1 Å². The van der Waals surface area contributed by atoms with Gasteiger partial charge in [-0.25, -0.2) is 8.42 Å². The Morgan fingerprint density at radius 3 is 2.18 bits per heavy atom. The molecule has 3 aromatic rings. The van der Waals surface area contributed by atoms with Gasteiger partial charge in [0.15, 0.2) is 0 Å². The molecule has 1 heterocycles. The maximum Gasteiger partial charge on any atom is 0.264 e. The molecule has 0 bridgehead atoms. The van der Waals surface area contributed by atoms with Crippen LogP contribution in [0.5, 0.6) is 0 Å². The highest BCUT2D eigenvalue weighted by Crippen LogP contribution is 2.31. The third-order valence-corrected chi connectivity index (χ3v) is 8.37. The Labute approximate surface area is 214 Å². The number of hydrogen-bond acceptors (Lipinski definition) is 4. The van der Waals surface area contributed by atoms with E-state index in [4.69, 9.17) is 34.8 Å². The van der Waals surface area contributed by atoms with Crippen molar-refractivity contribution in [3.63, 3.8) is 0 Å². The summed E-state index contributed by atoms with van der Waals surface area (Å²) < 4.78 is 28.0. The Morgan fingerprint density at radius 1 is 0.824 bits per heavy atom. The highest BCUT2D eigenvalue weighted by atomic mass is 35.5. The zero-order chi connectivity index (χ0) is 24.3. The van der Waals surface area contributed by atoms with Gasteiger partial charge in [0.1, 0.15) is 6.54 Å². The second kappa shape index (κ2) is 10.4. The van der Waals surface area contributed by atoms with Crippen molar-refractivity contribution in [2.45, 2.75) is 4.90 Å². The van der Waals surface area contributed by atoms with E-state index in [1.165, 1.54) is 24.3 Å². The van der Waals surface area contributed by atoms with Crippen molar-refractivity contribution in [3.8, 4) is 0 Å². The van der Waals surface area contributed by atoms with E-state index < -0.39 is 10.0 Å². The van der Waals surface area contributed by atoms with Crippen LogP contribution in [-0.2, 0) is 14.8 Å². The van der Waals surface area contributed by atoms with Gasteiger partial charge in [-0.15, -0.1) is 0 Å². The van der Waals surface area contributed by atoms with Crippen molar-refractivity contribution < 1.29 is 13.2 Å². The Kier molecular flexibility index (Phi) is 7.57. The van der Waals surface area contributed by atoms with Crippen molar-refractivity contribution in [1.82, 2.24) is 4.90 Å². The predicted octanol–water partition coefficient (Wildman–Crippen LogP) is 5.19. The summed E-state index contributed by atoms with van der Waals surface area (Å²) >= 11 is 18.3. The van der Waals surface area contributed by atoms with Crippen molar-refractivity contribution >= 4 is 62.1 Å². The molecule has 0 radical (unpaired) electrons. The predicted molar refractivity (Wildman–Crippen MR) is 138 cm³/mol. The first-order valence-electron chi connectivity index (χ1n) is 10.6. The third-order valence-electron chi connectivity index (χ3n) is 5.61. The minimum Gasteiger partial charge on any atom is -0.368 e. The van der Waals surface area contributed by atoms with E-state index in [0.29, 0.717) is 36.2 Å². The number of carbonyl (C=O) groups is 1. The fourth-order valence-electron chi connectivity index (χ4n) is 3.78. The van der Waals surface area contributed by atoms with Crippen LogP contribution in [0.25, 0.3) is 0 Å². The van der Waals surface area contributed by atoms with Crippen molar-refractivity contribution in [3.05, 3.63) is 87.9 Å². The minimum absolute atomic E-state index is 0.0830. The highest BCUT2D eigenvalue weighted by molar-refractivity contribution is 7.92. The molecule has 6 nitrogen and oxygen atoms in total. The number of amides is 1. The number of halogens is 3. The molecule has 0 atom stereocenters. The maximum absolute atomic E-state index is 13.5. The molecule has 0 saturated carbocycles. The second-order valence-corrected chi connectivity index (χ2v) is 10.9. The van der Waals surface area contributed by atoms with E-state index in [2.05, 4.69) is 4.90 Å². The first kappa shape index (κ1) is 24.7. The van der Waals surface area contributed by atoms with Crippen molar-refractivity contribution in [2.75, 3.05) is 41.9 Å². The second-order valence-electron chi connectivity index (χ2n) is 7.77. The van der Waals surface area contributed by atoms with E-state index in [0.717, 1.165) is 9.99 Å². The van der Waals surface area contributed by atoms with E-state index >= 15 is 0 Å². The van der Waals surface area contributed by atoms with Crippen molar-refractivity contribution in [2.24, 2.45) is 0 Å². The summed E-state index contributed by atoms with van der Waals surface area (Å²) in [5.41, 5.74) is 1.26. The number of carbonyl (C=O) groups excluding carboxylic acids is 1. The van der Waals surface area contributed by atoms with Gasteiger partial charge in [0.05, 0.1) is 20.6 Å². The van der Waals surface area contributed by atoms with Crippen LogP contribution in [0.15, 0.2) is 77.7 Å². The van der Waals surface area contributed by atoms with Crippen molar-refractivity contribution in [1.29, 1.82) is 0 Å². The quantitative estimate of drug-likeness (QED) is 0.433. The van der Waals surface area contributed by atoms with E-state index in [-0.39, 0.29) is 28.1 Å². The Morgan fingerprint density at radius 2 is 1.53 bits per heavy atom. The summed E-state index contributed by atoms with van der Waals surface area (Å²) in [7, 11) is -4.02. The van der Waals surface area contributed by atoms with Crippen LogP contribution < -0.4 is 9.21 Å². The summed E-state index contributed by atoms with van der Waals surface area (Å²) in [5, 5.41) is 1.15. The summed E-state index contributed by atoms with van der Waals surface area (Å²) in [6.45, 7) is 1.80. The number of rotatable bonds is 6. The van der Waals surface area contributed by atoms with E-state index in [1.54, 1.807) is 29.2 Å². The van der Waals surface area contributed by atoms with Gasteiger partial charge in [0.2, 0.25) is 5.91 Å². The van der Waals surface area contributed by atoms with Gasteiger partial charge >= 0.3 is 0 Å². The standard InChI is InChI=1S/C24H22Cl3N3O3S/c25-18-5-4-6-19(15-18)28-11-13-29(14-12-28)24(31)17-30(20-9-10-22(26)23(27)16-20)34(32,33)21-7-2-1-3-8-21/h1-10,15-16H,11-14,17H2. The van der Waals surface area contributed by atoms with Crippen LogP contribution in [0, 0.1) is 0 Å². The molecule has 4 rings (SSSR count). The van der Waals surface area contributed by atoms with Gasteiger partial charge in [-0.3, -0.25) is 9.10 Å². The third kappa shape index (κ3) is 5.44. The maximum atomic E-state index is 13.5. The molecule has 34 heavy (non-hydrogen) atoms. The molecule has 0 aliphatic carbocycles. The molecule has 10 heteroatoms. The van der Waals surface area contributed by atoms with E-state index in [1.807, 2.05) is 24.3 Å². The van der Waals surface area contributed by atoms with Crippen LogP contribution in [0.4, 0.5) is 11.4 Å². The zero-order valence-electron chi connectivity index (χ0n) is 18.1. The first-order chi connectivity index (χ1) is 16.3. The molecule has 1 fully saturated rings. The molecular weight excluding hydrogens is 517 g/mol. The SMILES string of the molecule is O=C(CN(c1ccc(Cl)c(Cl)c1)S(=O)(=O)c1ccccc1)N1CCN(c2cccc(Cl)c2)CC1. The molecule has 0 aromatic heterocycles. The summed E-state index contributed by atoms with van der Waals surface area (Å²) in [4.78, 5) is 17.1. The molecule has 0 unspecified atom stereocenters. The zero-order valence-corrected chi connectivity index (χ0v) is 21.2. The lowest BCUT2D eigenvalue weighted by molar-refractivity contribution is -0.129. The van der Waals surface area contributed by atoms with Crippen LogP contribution >= 0.6 is 34.8 Å². The monoisotopic (exact) mass is 537 g/mol. The normalized spacial score (nSPS) is 14.2. The van der Waals surface area contributed by atoms with Crippen LogP contribution in [0.3, 0.4) is 0 Å². The number of anilines is 2. The van der Waals surface area contributed by atoms with Crippen LogP contribution in [-0.4, -0.2) is 51.9 Å². The Bertz CT molecular complexity index is 1280. The lowest BCUT2D eigenvalue weighted by Gasteiger charge is -2.37. The Hall–Kier alpha value is -2.45. The smallest absolute Gasteiger partial charge is 0.264 e. The van der Waals surface area contributed by atoms with Gasteiger partial charge in [0, 0.05) is 36.9 Å². The van der Waals surface area contributed by atoms with Crippen LogP contribution in [0.1, 0.15) is 0 Å².